The van der Waals surface area contributed by atoms with Crippen molar-refractivity contribution < 1.29 is 36.3 Å². The summed E-state index contributed by atoms with van der Waals surface area (Å²) >= 11 is 0. The van der Waals surface area contributed by atoms with Crippen LogP contribution >= 0.6 is 0 Å². The van der Waals surface area contributed by atoms with Crippen molar-refractivity contribution in [2.75, 3.05) is 0 Å². The Morgan fingerprint density at radius 3 is 1.00 bits per heavy atom. The molecule has 0 rings (SSSR count). The maximum atomic E-state index is 10.0. The van der Waals surface area contributed by atoms with Gasteiger partial charge in [0, 0.05) is 28.6 Å². The second-order valence-electron chi connectivity index (χ2n) is 2.79. The van der Waals surface area contributed by atoms with Gasteiger partial charge in [-0.3, -0.25) is 9.59 Å². The molecule has 0 heterocycles. The first-order chi connectivity index (χ1) is 6.25. The van der Waals surface area contributed by atoms with Crippen LogP contribution in [0.5, 0.6) is 0 Å². The van der Waals surface area contributed by atoms with Gasteiger partial charge in [0.2, 0.25) is 0 Å². The third-order valence-corrected chi connectivity index (χ3v) is 0.824. The van der Waals surface area contributed by atoms with Gasteiger partial charge in [0.15, 0.2) is 11.6 Å². The summed E-state index contributed by atoms with van der Waals surface area (Å²) in [6.07, 6.45) is 2.33. The number of ketones is 2. The predicted molar refractivity (Wildman–Crippen MR) is 54.1 cm³/mol. The quantitative estimate of drug-likeness (QED) is 0.452. The first kappa shape index (κ1) is 19.5. The minimum Gasteiger partial charge on any atom is -0.512 e. The van der Waals surface area contributed by atoms with E-state index in [0.717, 1.165) is 0 Å². The molecule has 0 spiro atoms. The molecular formula is C10H16NiO4. The molecule has 0 aromatic rings. The molecule has 0 saturated heterocycles. The van der Waals surface area contributed by atoms with E-state index in [4.69, 9.17) is 10.2 Å². The van der Waals surface area contributed by atoms with Crippen LogP contribution in [0.3, 0.4) is 0 Å². The third kappa shape index (κ3) is 32.2. The molecule has 90 valence electrons. The molecule has 0 aliphatic carbocycles. The van der Waals surface area contributed by atoms with Crippen LogP contribution in [0.4, 0.5) is 0 Å². The summed E-state index contributed by atoms with van der Waals surface area (Å²) in [7, 11) is 0. The van der Waals surface area contributed by atoms with Crippen molar-refractivity contribution in [2.45, 2.75) is 27.7 Å². The summed E-state index contributed by atoms with van der Waals surface area (Å²) in [5.74, 6) is -0.125. The van der Waals surface area contributed by atoms with Gasteiger partial charge >= 0.3 is 0 Å². The predicted octanol–water partition coefficient (Wildman–Crippen LogP) is 2.07. The van der Waals surface area contributed by atoms with Crippen LogP contribution in [0.1, 0.15) is 27.7 Å². The summed E-state index contributed by atoms with van der Waals surface area (Å²) in [6.45, 7) is 5.70. The van der Waals surface area contributed by atoms with Gasteiger partial charge in [0.25, 0.3) is 0 Å². The first-order valence-electron chi connectivity index (χ1n) is 4.01. The van der Waals surface area contributed by atoms with Crippen molar-refractivity contribution in [1.82, 2.24) is 0 Å². The van der Waals surface area contributed by atoms with Gasteiger partial charge in [-0.2, -0.15) is 0 Å². The van der Waals surface area contributed by atoms with Crippen LogP contribution in [0.25, 0.3) is 0 Å². The molecule has 0 amide bonds. The molecule has 5 heteroatoms. The minimum absolute atomic E-state index is 0. The van der Waals surface area contributed by atoms with Gasteiger partial charge in [0.1, 0.15) is 0 Å². The van der Waals surface area contributed by atoms with Crippen molar-refractivity contribution in [3.63, 3.8) is 0 Å². The van der Waals surface area contributed by atoms with Gasteiger partial charge < -0.3 is 10.2 Å². The van der Waals surface area contributed by atoms with E-state index < -0.39 is 0 Å². The van der Waals surface area contributed by atoms with E-state index in [1.165, 1.54) is 39.8 Å². The fourth-order valence-corrected chi connectivity index (χ4v) is 0.588. The Hall–Kier alpha value is -1.09. The van der Waals surface area contributed by atoms with Crippen molar-refractivity contribution in [3.05, 3.63) is 23.7 Å². The van der Waals surface area contributed by atoms with Crippen LogP contribution in [0, 0.1) is 0 Å². The molecule has 0 aliphatic rings. The number of rotatable bonds is 2. The fourth-order valence-electron chi connectivity index (χ4n) is 0.588. The third-order valence-electron chi connectivity index (χ3n) is 0.824. The van der Waals surface area contributed by atoms with Crippen LogP contribution in [0.15, 0.2) is 23.7 Å². The SMILES string of the molecule is CC(=O)/C=C(\C)O.CC(=O)/C=C(\C)O.[Ni]. The Labute approximate surface area is 99.6 Å². The molecule has 0 fully saturated rings. The molecule has 0 aromatic heterocycles. The molecule has 0 aromatic carbocycles. The minimum atomic E-state index is -0.125. The second-order valence-corrected chi connectivity index (χ2v) is 2.79. The maximum absolute atomic E-state index is 10.0. The molecule has 0 saturated carbocycles. The zero-order valence-electron chi connectivity index (χ0n) is 9.18. The zero-order valence-corrected chi connectivity index (χ0v) is 10.2. The topological polar surface area (TPSA) is 74.6 Å². The summed E-state index contributed by atoms with van der Waals surface area (Å²) < 4.78 is 0. The van der Waals surface area contributed by atoms with Gasteiger partial charge in [0.05, 0.1) is 11.5 Å². The monoisotopic (exact) mass is 258 g/mol. The molecule has 0 atom stereocenters. The first-order valence-corrected chi connectivity index (χ1v) is 4.01. The van der Waals surface area contributed by atoms with E-state index in [2.05, 4.69) is 0 Å². The molecule has 0 aliphatic heterocycles. The Morgan fingerprint density at radius 1 is 0.800 bits per heavy atom. The van der Waals surface area contributed by atoms with Crippen LogP contribution in [-0.4, -0.2) is 21.8 Å². The normalized spacial score (nSPS) is 10.7. The van der Waals surface area contributed by atoms with Crippen LogP contribution in [0.2, 0.25) is 0 Å². The summed E-state index contributed by atoms with van der Waals surface area (Å²) in [5.41, 5.74) is 0. The number of hydrogen-bond acceptors (Lipinski definition) is 4. The van der Waals surface area contributed by atoms with Crippen molar-refractivity contribution in [3.8, 4) is 0 Å². The smallest absolute Gasteiger partial charge is 0.155 e. The van der Waals surface area contributed by atoms with E-state index in [0.29, 0.717) is 0 Å². The number of aliphatic hydroxyl groups excluding tert-OH is 2. The van der Waals surface area contributed by atoms with E-state index >= 15 is 0 Å². The van der Waals surface area contributed by atoms with Gasteiger partial charge in [-0.25, -0.2) is 0 Å². The standard InChI is InChI=1S/2C5H8O2.Ni/c2*1-4(6)3-5(2)7;/h2*3,6H,1-2H3;/b2*4-3+;. The Morgan fingerprint density at radius 2 is 1.00 bits per heavy atom. The Bertz CT molecular complexity index is 231. The molecule has 4 nitrogen and oxygen atoms in total. The van der Waals surface area contributed by atoms with E-state index in [1.807, 2.05) is 0 Å². The molecule has 0 radical (unpaired) electrons. The number of allylic oxidation sites excluding steroid dienone is 4. The van der Waals surface area contributed by atoms with Gasteiger partial charge in [-0.15, -0.1) is 0 Å². The number of carbonyl (C=O) groups is 2. The molecule has 2 N–H and O–H groups in total. The largest absolute Gasteiger partial charge is 0.512 e. The Kier molecular flexibility index (Phi) is 14.3. The van der Waals surface area contributed by atoms with Crippen molar-refractivity contribution in [1.29, 1.82) is 0 Å². The van der Waals surface area contributed by atoms with Crippen molar-refractivity contribution in [2.24, 2.45) is 0 Å². The molecule has 0 unspecified atom stereocenters. The summed E-state index contributed by atoms with van der Waals surface area (Å²) in [6, 6.07) is 0. The van der Waals surface area contributed by atoms with Gasteiger partial charge in [-0.05, 0) is 27.7 Å². The summed E-state index contributed by atoms with van der Waals surface area (Å²) in [5, 5.41) is 16.7. The van der Waals surface area contributed by atoms with Crippen LogP contribution < -0.4 is 0 Å². The number of carbonyl (C=O) groups excluding carboxylic acids is 2. The van der Waals surface area contributed by atoms with Crippen molar-refractivity contribution >= 4 is 11.6 Å². The maximum Gasteiger partial charge on any atom is 0.155 e. The molecule has 0 bridgehead atoms. The second kappa shape index (κ2) is 11.0. The van der Waals surface area contributed by atoms with E-state index in [9.17, 15) is 9.59 Å². The van der Waals surface area contributed by atoms with E-state index in [-0.39, 0.29) is 39.6 Å². The number of aliphatic hydroxyl groups is 2. The zero-order chi connectivity index (χ0) is 11.7. The average molecular weight is 259 g/mol. The van der Waals surface area contributed by atoms with E-state index in [1.54, 1.807) is 0 Å². The number of hydrogen-bond donors (Lipinski definition) is 2. The Balaban J connectivity index is -0.000000180. The molecule has 15 heavy (non-hydrogen) atoms. The van der Waals surface area contributed by atoms with Crippen LogP contribution in [-0.2, 0) is 26.1 Å². The average Bonchev–Trinajstić information content (AvgIpc) is 1.79. The molecular weight excluding hydrogens is 243 g/mol. The fraction of sp³-hybridized carbons (Fsp3) is 0.400. The van der Waals surface area contributed by atoms with Gasteiger partial charge in [-0.1, -0.05) is 0 Å². The summed E-state index contributed by atoms with van der Waals surface area (Å²) in [4.78, 5) is 20.0.